The van der Waals surface area contributed by atoms with Crippen molar-refractivity contribution in [2.24, 2.45) is 22.4 Å². The number of rotatable bonds is 7. The molecule has 0 saturated carbocycles. The monoisotopic (exact) mass is 444 g/mol. The quantitative estimate of drug-likeness (QED) is 0.379. The summed E-state index contributed by atoms with van der Waals surface area (Å²) in [5.41, 5.74) is 13.4. The number of nitrogens with two attached hydrogens (primary N) is 2. The van der Waals surface area contributed by atoms with Crippen molar-refractivity contribution in [3.8, 4) is 11.5 Å². The number of anilines is 2. The first-order valence-corrected chi connectivity index (χ1v) is 11.0. The van der Waals surface area contributed by atoms with Gasteiger partial charge in [0.2, 0.25) is 5.91 Å². The molecule has 0 unspecified atom stereocenters. The molecule has 8 heteroatoms. The van der Waals surface area contributed by atoms with Gasteiger partial charge in [0.25, 0.3) is 0 Å². The van der Waals surface area contributed by atoms with E-state index in [2.05, 4.69) is 20.2 Å². The van der Waals surface area contributed by atoms with E-state index in [1.54, 1.807) is 6.20 Å². The Morgan fingerprint density at radius 3 is 2.55 bits per heavy atom. The van der Waals surface area contributed by atoms with Gasteiger partial charge < -0.3 is 26.4 Å². The minimum atomic E-state index is -0.224. The second kappa shape index (κ2) is 10.5. The fourth-order valence-electron chi connectivity index (χ4n) is 3.83. The van der Waals surface area contributed by atoms with Crippen LogP contribution in [0.25, 0.3) is 0 Å². The van der Waals surface area contributed by atoms with E-state index in [0.717, 1.165) is 48.7 Å². The summed E-state index contributed by atoms with van der Waals surface area (Å²) in [4.78, 5) is 22.7. The van der Waals surface area contributed by atoms with Crippen LogP contribution in [0.15, 0.2) is 77.9 Å². The zero-order valence-corrected chi connectivity index (χ0v) is 18.4. The lowest BCUT2D eigenvalue weighted by Crippen LogP contribution is -2.39. The van der Waals surface area contributed by atoms with Crippen molar-refractivity contribution in [2.75, 3.05) is 23.3 Å². The Morgan fingerprint density at radius 1 is 1.03 bits per heavy atom. The molecule has 2 heterocycles. The molecule has 1 amide bonds. The zero-order chi connectivity index (χ0) is 23.0. The van der Waals surface area contributed by atoms with E-state index in [1.807, 2.05) is 66.7 Å². The minimum Gasteiger partial charge on any atom is -0.457 e. The molecule has 0 radical (unpaired) electrons. The molecule has 1 aliphatic heterocycles. The number of aromatic nitrogens is 1. The first kappa shape index (κ1) is 22.1. The standard InChI is InChI=1S/C25H28N6O2/c26-23(32)18-11-14-31(15-12-18)24-19(6-5-13-28-24)17-29-25(27)30-20-7-4-10-22(16-20)33-21-8-2-1-3-9-21/h1-10,13,16,18H,11-12,14-15,17H2,(H2,26,32)(H3,27,29,30). The summed E-state index contributed by atoms with van der Waals surface area (Å²) < 4.78 is 5.87. The fourth-order valence-corrected chi connectivity index (χ4v) is 3.83. The number of carbonyl (C=O) groups is 1. The van der Waals surface area contributed by atoms with Crippen LogP contribution in [0.2, 0.25) is 0 Å². The molecule has 1 saturated heterocycles. The van der Waals surface area contributed by atoms with Crippen LogP contribution in [-0.4, -0.2) is 29.9 Å². The van der Waals surface area contributed by atoms with Crippen LogP contribution < -0.4 is 26.4 Å². The van der Waals surface area contributed by atoms with Gasteiger partial charge in [-0.05, 0) is 43.2 Å². The number of pyridine rings is 1. The third-order valence-electron chi connectivity index (χ3n) is 5.57. The highest BCUT2D eigenvalue weighted by molar-refractivity contribution is 5.92. The molecule has 5 N–H and O–H groups in total. The smallest absolute Gasteiger partial charge is 0.220 e. The zero-order valence-electron chi connectivity index (χ0n) is 18.4. The number of nitrogens with one attached hydrogen (secondary N) is 1. The lowest BCUT2D eigenvalue weighted by atomic mass is 9.96. The molecule has 0 aliphatic carbocycles. The number of guanidine groups is 1. The predicted octanol–water partition coefficient (Wildman–Crippen LogP) is 3.50. The van der Waals surface area contributed by atoms with E-state index in [9.17, 15) is 4.79 Å². The average molecular weight is 445 g/mol. The van der Waals surface area contributed by atoms with Gasteiger partial charge in [-0.25, -0.2) is 9.98 Å². The molecule has 0 bridgehead atoms. The second-order valence-electron chi connectivity index (χ2n) is 7.92. The molecule has 3 aromatic rings. The van der Waals surface area contributed by atoms with Crippen LogP contribution in [0.5, 0.6) is 11.5 Å². The molecule has 1 aromatic heterocycles. The number of benzene rings is 2. The Labute approximate surface area is 193 Å². The first-order chi connectivity index (χ1) is 16.1. The number of ether oxygens (including phenoxy) is 1. The summed E-state index contributed by atoms with van der Waals surface area (Å²) in [6.45, 7) is 1.87. The number of nitrogens with zero attached hydrogens (tertiary/aromatic N) is 3. The Hall–Kier alpha value is -4.07. The molecular weight excluding hydrogens is 416 g/mol. The van der Waals surface area contributed by atoms with Gasteiger partial charge in [-0.15, -0.1) is 0 Å². The highest BCUT2D eigenvalue weighted by Gasteiger charge is 2.24. The van der Waals surface area contributed by atoms with Crippen LogP contribution in [0.4, 0.5) is 11.5 Å². The Bertz CT molecular complexity index is 1110. The number of primary amides is 1. The Kier molecular flexibility index (Phi) is 7.04. The molecule has 4 rings (SSSR count). The highest BCUT2D eigenvalue weighted by atomic mass is 16.5. The summed E-state index contributed by atoms with van der Waals surface area (Å²) >= 11 is 0. The summed E-state index contributed by atoms with van der Waals surface area (Å²) in [7, 11) is 0. The number of hydrogen-bond donors (Lipinski definition) is 3. The third kappa shape index (κ3) is 6.00. The van der Waals surface area contributed by atoms with E-state index in [0.29, 0.717) is 18.3 Å². The highest BCUT2D eigenvalue weighted by Crippen LogP contribution is 2.26. The molecule has 1 fully saturated rings. The molecule has 8 nitrogen and oxygen atoms in total. The summed E-state index contributed by atoms with van der Waals surface area (Å²) in [5.74, 6) is 2.35. The number of carbonyl (C=O) groups excluding carboxylic acids is 1. The predicted molar refractivity (Wildman–Crippen MR) is 130 cm³/mol. The van der Waals surface area contributed by atoms with Crippen LogP contribution in [-0.2, 0) is 11.3 Å². The van der Waals surface area contributed by atoms with Gasteiger partial charge in [-0.2, -0.15) is 0 Å². The van der Waals surface area contributed by atoms with Crippen molar-refractivity contribution in [2.45, 2.75) is 19.4 Å². The van der Waals surface area contributed by atoms with Crippen LogP contribution in [0.1, 0.15) is 18.4 Å². The number of aliphatic imine (C=N–C) groups is 1. The van der Waals surface area contributed by atoms with E-state index in [4.69, 9.17) is 16.2 Å². The molecule has 33 heavy (non-hydrogen) atoms. The summed E-state index contributed by atoms with van der Waals surface area (Å²) in [6.07, 6.45) is 3.24. The first-order valence-electron chi connectivity index (χ1n) is 11.0. The van der Waals surface area contributed by atoms with E-state index in [-0.39, 0.29) is 11.8 Å². The van der Waals surface area contributed by atoms with Crippen molar-refractivity contribution < 1.29 is 9.53 Å². The van der Waals surface area contributed by atoms with Gasteiger partial charge in [0.1, 0.15) is 17.3 Å². The van der Waals surface area contributed by atoms with Gasteiger partial charge in [-0.3, -0.25) is 4.79 Å². The Balaban J connectivity index is 1.39. The molecule has 2 aromatic carbocycles. The Morgan fingerprint density at radius 2 is 1.79 bits per heavy atom. The van der Waals surface area contributed by atoms with Gasteiger partial charge in [0.05, 0.1) is 6.54 Å². The molecule has 0 spiro atoms. The van der Waals surface area contributed by atoms with E-state index in [1.165, 1.54) is 0 Å². The minimum absolute atomic E-state index is 0.0621. The second-order valence-corrected chi connectivity index (χ2v) is 7.92. The maximum absolute atomic E-state index is 11.4. The fraction of sp³-hybridized carbons (Fsp3) is 0.240. The van der Waals surface area contributed by atoms with Crippen molar-refractivity contribution in [3.05, 3.63) is 78.5 Å². The number of hydrogen-bond acceptors (Lipinski definition) is 5. The molecule has 0 atom stereocenters. The van der Waals surface area contributed by atoms with Crippen molar-refractivity contribution >= 4 is 23.4 Å². The van der Waals surface area contributed by atoms with Gasteiger partial charge in [-0.1, -0.05) is 30.3 Å². The maximum Gasteiger partial charge on any atom is 0.220 e. The summed E-state index contributed by atoms with van der Waals surface area (Å²) in [6, 6.07) is 21.0. The lowest BCUT2D eigenvalue weighted by Gasteiger charge is -2.32. The number of piperidine rings is 1. The normalized spacial score (nSPS) is 14.7. The molecule has 1 aliphatic rings. The van der Waals surface area contributed by atoms with Crippen LogP contribution >= 0.6 is 0 Å². The average Bonchev–Trinajstić information content (AvgIpc) is 2.84. The van der Waals surface area contributed by atoms with Gasteiger partial charge in [0, 0.05) is 42.5 Å². The molecule has 170 valence electrons. The number of amides is 1. The lowest BCUT2D eigenvalue weighted by molar-refractivity contribution is -0.122. The molecular formula is C25H28N6O2. The topological polar surface area (TPSA) is 119 Å². The largest absolute Gasteiger partial charge is 0.457 e. The van der Waals surface area contributed by atoms with Crippen LogP contribution in [0.3, 0.4) is 0 Å². The maximum atomic E-state index is 11.4. The number of para-hydroxylation sites is 1. The van der Waals surface area contributed by atoms with E-state index < -0.39 is 0 Å². The third-order valence-corrected chi connectivity index (χ3v) is 5.57. The van der Waals surface area contributed by atoms with Gasteiger partial charge in [0.15, 0.2) is 5.96 Å². The van der Waals surface area contributed by atoms with Crippen molar-refractivity contribution in [1.82, 2.24) is 4.98 Å². The van der Waals surface area contributed by atoms with Crippen molar-refractivity contribution in [3.63, 3.8) is 0 Å². The van der Waals surface area contributed by atoms with Gasteiger partial charge >= 0.3 is 0 Å². The van der Waals surface area contributed by atoms with E-state index >= 15 is 0 Å². The van der Waals surface area contributed by atoms with Crippen molar-refractivity contribution in [1.29, 1.82) is 0 Å². The SMILES string of the molecule is NC(=O)C1CCN(c2ncccc2CN=C(N)Nc2cccc(Oc3ccccc3)c2)CC1. The summed E-state index contributed by atoms with van der Waals surface area (Å²) in [5, 5.41) is 3.12. The van der Waals surface area contributed by atoms with Crippen LogP contribution in [0, 0.1) is 5.92 Å².